The Labute approximate surface area is 118 Å². The molecule has 0 saturated carbocycles. The highest BCUT2D eigenvalue weighted by molar-refractivity contribution is 7.80. The number of rotatable bonds is 6. The summed E-state index contributed by atoms with van der Waals surface area (Å²) in [6.45, 7) is 4.18. The molecular formula is C14H18O4S. The smallest absolute Gasteiger partial charge is 0.338 e. The largest absolute Gasteiger partial charge is 0.466 e. The third-order valence-corrected chi connectivity index (χ3v) is 2.77. The molecule has 19 heavy (non-hydrogen) atoms. The molecule has 1 rings (SSSR count). The second-order valence-electron chi connectivity index (χ2n) is 3.87. The van der Waals surface area contributed by atoms with Crippen LogP contribution in [0.15, 0.2) is 23.1 Å². The van der Waals surface area contributed by atoms with E-state index in [1.807, 2.05) is 0 Å². The van der Waals surface area contributed by atoms with Gasteiger partial charge in [-0.2, -0.15) is 0 Å². The molecule has 0 N–H and O–H groups in total. The first-order valence-electron chi connectivity index (χ1n) is 6.23. The third-order valence-electron chi connectivity index (χ3n) is 2.49. The highest BCUT2D eigenvalue weighted by atomic mass is 32.1. The molecule has 0 fully saturated rings. The average molecular weight is 282 g/mol. The van der Waals surface area contributed by atoms with E-state index in [4.69, 9.17) is 9.47 Å². The Kier molecular flexibility index (Phi) is 6.42. The van der Waals surface area contributed by atoms with Crippen molar-refractivity contribution in [2.75, 3.05) is 13.2 Å². The maximum Gasteiger partial charge on any atom is 0.338 e. The Hall–Kier alpha value is -1.49. The lowest BCUT2D eigenvalue weighted by molar-refractivity contribution is -0.143. The zero-order valence-corrected chi connectivity index (χ0v) is 12.0. The van der Waals surface area contributed by atoms with Crippen LogP contribution in [0.2, 0.25) is 0 Å². The zero-order valence-electron chi connectivity index (χ0n) is 11.1. The van der Waals surface area contributed by atoms with Crippen LogP contribution in [0.25, 0.3) is 0 Å². The standard InChI is InChI=1S/C14H18O4S/c1-3-17-13(15)8-6-10-5-7-11(19)9-12(10)14(16)18-4-2/h5,7,9,19H,3-4,6,8H2,1-2H3. The van der Waals surface area contributed by atoms with Crippen LogP contribution in [0.5, 0.6) is 0 Å². The number of thiol groups is 1. The normalized spacial score (nSPS) is 10.1. The summed E-state index contributed by atoms with van der Waals surface area (Å²) in [5, 5.41) is 0. The Bertz CT molecular complexity index is 457. The summed E-state index contributed by atoms with van der Waals surface area (Å²) < 4.78 is 9.85. The van der Waals surface area contributed by atoms with Gasteiger partial charge in [-0.1, -0.05) is 6.07 Å². The molecule has 0 bridgehead atoms. The van der Waals surface area contributed by atoms with Gasteiger partial charge < -0.3 is 9.47 Å². The van der Waals surface area contributed by atoms with Gasteiger partial charge in [0.2, 0.25) is 0 Å². The van der Waals surface area contributed by atoms with E-state index in [-0.39, 0.29) is 12.4 Å². The lowest BCUT2D eigenvalue weighted by atomic mass is 10.0. The number of hydrogen-bond acceptors (Lipinski definition) is 5. The van der Waals surface area contributed by atoms with Crippen LogP contribution in [0.1, 0.15) is 36.2 Å². The fraction of sp³-hybridized carbons (Fsp3) is 0.429. The molecule has 4 nitrogen and oxygen atoms in total. The molecular weight excluding hydrogens is 264 g/mol. The number of carbonyl (C=O) groups excluding carboxylic acids is 2. The van der Waals surface area contributed by atoms with E-state index < -0.39 is 5.97 Å². The van der Waals surface area contributed by atoms with Crippen molar-refractivity contribution in [3.8, 4) is 0 Å². The Morgan fingerprint density at radius 1 is 1.16 bits per heavy atom. The van der Waals surface area contributed by atoms with Crippen LogP contribution < -0.4 is 0 Å². The average Bonchev–Trinajstić information content (AvgIpc) is 2.38. The number of benzene rings is 1. The van der Waals surface area contributed by atoms with Crippen molar-refractivity contribution < 1.29 is 19.1 Å². The monoisotopic (exact) mass is 282 g/mol. The topological polar surface area (TPSA) is 52.6 Å². The second-order valence-corrected chi connectivity index (χ2v) is 4.38. The third kappa shape index (κ3) is 4.95. The maximum atomic E-state index is 11.8. The Morgan fingerprint density at radius 3 is 2.47 bits per heavy atom. The van der Waals surface area contributed by atoms with Gasteiger partial charge in [0, 0.05) is 11.3 Å². The molecule has 5 heteroatoms. The number of carbonyl (C=O) groups is 2. The van der Waals surface area contributed by atoms with Gasteiger partial charge in [0.05, 0.1) is 18.8 Å². The van der Waals surface area contributed by atoms with E-state index in [0.29, 0.717) is 30.1 Å². The van der Waals surface area contributed by atoms with E-state index in [1.54, 1.807) is 32.0 Å². The minimum atomic E-state index is -0.391. The lowest BCUT2D eigenvalue weighted by Crippen LogP contribution is -2.11. The zero-order chi connectivity index (χ0) is 14.3. The van der Waals surface area contributed by atoms with Gasteiger partial charge in [-0.3, -0.25) is 4.79 Å². The van der Waals surface area contributed by atoms with Gasteiger partial charge in [-0.15, -0.1) is 12.6 Å². The highest BCUT2D eigenvalue weighted by Crippen LogP contribution is 2.18. The number of esters is 2. The van der Waals surface area contributed by atoms with Gasteiger partial charge in [0.1, 0.15) is 0 Å². The van der Waals surface area contributed by atoms with E-state index in [0.717, 1.165) is 5.56 Å². The van der Waals surface area contributed by atoms with Gasteiger partial charge in [0.25, 0.3) is 0 Å². The fourth-order valence-corrected chi connectivity index (χ4v) is 1.85. The summed E-state index contributed by atoms with van der Waals surface area (Å²) >= 11 is 4.21. The van der Waals surface area contributed by atoms with Crippen LogP contribution in [-0.4, -0.2) is 25.2 Å². The van der Waals surface area contributed by atoms with Gasteiger partial charge in [0.15, 0.2) is 0 Å². The predicted octanol–water partition coefficient (Wildman–Crippen LogP) is 2.65. The first-order chi connectivity index (χ1) is 9.08. The molecule has 0 aliphatic heterocycles. The number of hydrogen-bond donors (Lipinski definition) is 1. The summed E-state index contributed by atoms with van der Waals surface area (Å²) in [5.74, 6) is -0.662. The molecule has 0 atom stereocenters. The second kappa shape index (κ2) is 7.84. The molecule has 0 aromatic heterocycles. The summed E-state index contributed by atoms with van der Waals surface area (Å²) in [6, 6.07) is 5.22. The van der Waals surface area contributed by atoms with E-state index in [9.17, 15) is 9.59 Å². The molecule has 0 aliphatic rings. The predicted molar refractivity (Wildman–Crippen MR) is 74.6 cm³/mol. The summed E-state index contributed by atoms with van der Waals surface area (Å²) in [6.07, 6.45) is 0.688. The Balaban J connectivity index is 2.82. The van der Waals surface area contributed by atoms with Crippen LogP contribution in [0, 0.1) is 0 Å². The van der Waals surface area contributed by atoms with Crippen molar-refractivity contribution in [2.24, 2.45) is 0 Å². The summed E-state index contributed by atoms with van der Waals surface area (Å²) in [7, 11) is 0. The van der Waals surface area contributed by atoms with Crippen molar-refractivity contribution in [1.29, 1.82) is 0 Å². The summed E-state index contributed by atoms with van der Waals surface area (Å²) in [5.41, 5.74) is 1.22. The van der Waals surface area contributed by atoms with Crippen molar-refractivity contribution in [3.05, 3.63) is 29.3 Å². The number of aryl methyl sites for hydroxylation is 1. The van der Waals surface area contributed by atoms with E-state index in [2.05, 4.69) is 12.6 Å². The van der Waals surface area contributed by atoms with Crippen LogP contribution in [-0.2, 0) is 20.7 Å². The summed E-state index contributed by atoms with van der Waals surface area (Å²) in [4.78, 5) is 23.8. The molecule has 0 heterocycles. The molecule has 0 radical (unpaired) electrons. The minimum absolute atomic E-state index is 0.242. The van der Waals surface area contributed by atoms with Crippen molar-refractivity contribution in [2.45, 2.75) is 31.6 Å². The van der Waals surface area contributed by atoms with Crippen molar-refractivity contribution in [3.63, 3.8) is 0 Å². The molecule has 0 aliphatic carbocycles. The molecule has 0 spiro atoms. The Morgan fingerprint density at radius 2 is 1.84 bits per heavy atom. The molecule has 1 aromatic carbocycles. The van der Waals surface area contributed by atoms with Crippen LogP contribution >= 0.6 is 12.6 Å². The molecule has 0 saturated heterocycles. The van der Waals surface area contributed by atoms with Gasteiger partial charge in [-0.25, -0.2) is 4.79 Å². The molecule has 0 unspecified atom stereocenters. The molecule has 1 aromatic rings. The van der Waals surface area contributed by atoms with Crippen LogP contribution in [0.3, 0.4) is 0 Å². The lowest BCUT2D eigenvalue weighted by Gasteiger charge is -2.09. The number of ether oxygens (including phenoxy) is 2. The first kappa shape index (κ1) is 15.6. The van der Waals surface area contributed by atoms with Crippen molar-refractivity contribution in [1.82, 2.24) is 0 Å². The molecule has 104 valence electrons. The van der Waals surface area contributed by atoms with Crippen LogP contribution in [0.4, 0.5) is 0 Å². The minimum Gasteiger partial charge on any atom is -0.466 e. The SMILES string of the molecule is CCOC(=O)CCc1ccc(S)cc1C(=O)OCC. The van der Waals surface area contributed by atoms with Gasteiger partial charge in [-0.05, 0) is 38.0 Å². The first-order valence-corrected chi connectivity index (χ1v) is 6.67. The quantitative estimate of drug-likeness (QED) is 0.644. The fourth-order valence-electron chi connectivity index (χ4n) is 1.65. The highest BCUT2D eigenvalue weighted by Gasteiger charge is 2.14. The van der Waals surface area contributed by atoms with E-state index in [1.165, 1.54) is 0 Å². The molecule has 0 amide bonds. The van der Waals surface area contributed by atoms with E-state index >= 15 is 0 Å². The van der Waals surface area contributed by atoms with Gasteiger partial charge >= 0.3 is 11.9 Å². The maximum absolute atomic E-state index is 11.8. The van der Waals surface area contributed by atoms with Crippen molar-refractivity contribution >= 4 is 24.6 Å².